The summed E-state index contributed by atoms with van der Waals surface area (Å²) in [5.41, 5.74) is 2.54. The van der Waals surface area contributed by atoms with Crippen molar-refractivity contribution in [2.75, 3.05) is 5.75 Å². The highest BCUT2D eigenvalue weighted by molar-refractivity contribution is 8.02. The van der Waals surface area contributed by atoms with Crippen molar-refractivity contribution in [3.63, 3.8) is 0 Å². The molecule has 0 unspecified atom stereocenters. The molecule has 0 saturated heterocycles. The number of aromatic nitrogens is 1. The normalized spacial score (nSPS) is 11.2. The molecule has 0 aliphatic heterocycles. The number of nitrogens with zero attached hydrogens (tertiary/aromatic N) is 1. The maximum Gasteiger partial charge on any atom is 0.225 e. The number of aryl methyl sites for hydroxylation is 1. The molecule has 1 aromatic carbocycles. The van der Waals surface area contributed by atoms with Crippen LogP contribution in [0.5, 0.6) is 0 Å². The SMILES string of the molecule is C#CCSc1scnc1S(=O)(=O)c1ccc(C)cc1. The number of hydrogen-bond acceptors (Lipinski definition) is 5. The van der Waals surface area contributed by atoms with Crippen LogP contribution in [0.3, 0.4) is 0 Å². The van der Waals surface area contributed by atoms with Crippen LogP contribution in [0.1, 0.15) is 5.56 Å². The molecule has 0 N–H and O–H groups in total. The molecule has 3 nitrogen and oxygen atoms in total. The summed E-state index contributed by atoms with van der Waals surface area (Å²) >= 11 is 2.61. The van der Waals surface area contributed by atoms with Crippen molar-refractivity contribution in [2.24, 2.45) is 0 Å². The van der Waals surface area contributed by atoms with Crippen LogP contribution < -0.4 is 0 Å². The number of thiazole rings is 1. The van der Waals surface area contributed by atoms with Gasteiger partial charge < -0.3 is 0 Å². The maximum absolute atomic E-state index is 12.5. The molecule has 0 aliphatic rings. The smallest absolute Gasteiger partial charge is 0.225 e. The van der Waals surface area contributed by atoms with Gasteiger partial charge in [0.1, 0.15) is 4.21 Å². The number of benzene rings is 1. The predicted octanol–water partition coefficient (Wildman–Crippen LogP) is 3.01. The Morgan fingerprint density at radius 1 is 1.37 bits per heavy atom. The Balaban J connectivity index is 2.43. The lowest BCUT2D eigenvalue weighted by molar-refractivity contribution is 0.591. The molecule has 98 valence electrons. The van der Waals surface area contributed by atoms with Crippen LogP contribution in [0.15, 0.2) is 43.9 Å². The van der Waals surface area contributed by atoms with Gasteiger partial charge in [0.2, 0.25) is 9.84 Å². The predicted molar refractivity (Wildman–Crippen MR) is 78.3 cm³/mol. The first-order valence-electron chi connectivity index (χ1n) is 5.37. The van der Waals surface area contributed by atoms with Gasteiger partial charge in [0.05, 0.1) is 16.2 Å². The first-order chi connectivity index (χ1) is 9.05. The molecule has 6 heteroatoms. The first-order valence-corrected chi connectivity index (χ1v) is 8.72. The number of rotatable bonds is 4. The first kappa shape index (κ1) is 14.1. The molecular weight excluding hydrogens is 298 g/mol. The number of hydrogen-bond donors (Lipinski definition) is 0. The minimum absolute atomic E-state index is 0.0987. The van der Waals surface area contributed by atoms with E-state index in [0.29, 0.717) is 9.96 Å². The molecule has 0 amide bonds. The van der Waals surface area contributed by atoms with Gasteiger partial charge in [0, 0.05) is 0 Å². The second kappa shape index (κ2) is 5.78. The lowest BCUT2D eigenvalue weighted by Gasteiger charge is -2.04. The summed E-state index contributed by atoms with van der Waals surface area (Å²) in [7, 11) is -3.56. The van der Waals surface area contributed by atoms with Crippen LogP contribution in [-0.2, 0) is 9.84 Å². The molecule has 1 heterocycles. The highest BCUT2D eigenvalue weighted by Crippen LogP contribution is 2.33. The second-order valence-electron chi connectivity index (χ2n) is 3.75. The van der Waals surface area contributed by atoms with E-state index in [4.69, 9.17) is 6.42 Å². The zero-order valence-electron chi connectivity index (χ0n) is 10.2. The molecule has 0 atom stereocenters. The van der Waals surface area contributed by atoms with Crippen LogP contribution in [0.25, 0.3) is 0 Å². The van der Waals surface area contributed by atoms with Crippen LogP contribution in [-0.4, -0.2) is 19.2 Å². The van der Waals surface area contributed by atoms with Crippen molar-refractivity contribution in [1.82, 2.24) is 4.98 Å². The summed E-state index contributed by atoms with van der Waals surface area (Å²) < 4.78 is 25.6. The minimum Gasteiger partial charge on any atom is -0.232 e. The van der Waals surface area contributed by atoms with Crippen molar-refractivity contribution < 1.29 is 8.42 Å². The van der Waals surface area contributed by atoms with Crippen molar-refractivity contribution in [3.8, 4) is 12.3 Å². The Kier molecular flexibility index (Phi) is 4.30. The highest BCUT2D eigenvalue weighted by atomic mass is 32.2. The third-order valence-corrected chi connectivity index (χ3v) is 6.37. The molecule has 1 aromatic heterocycles. The molecule has 2 rings (SSSR count). The molecule has 0 fully saturated rings. The van der Waals surface area contributed by atoms with E-state index < -0.39 is 9.84 Å². The molecule has 2 aromatic rings. The largest absolute Gasteiger partial charge is 0.232 e. The monoisotopic (exact) mass is 309 g/mol. The summed E-state index contributed by atoms with van der Waals surface area (Å²) in [6, 6.07) is 6.74. The summed E-state index contributed by atoms with van der Waals surface area (Å²) in [5.74, 6) is 2.91. The van der Waals surface area contributed by atoms with E-state index in [0.717, 1.165) is 5.56 Å². The van der Waals surface area contributed by atoms with Gasteiger partial charge in [-0.1, -0.05) is 35.4 Å². The Morgan fingerprint density at radius 3 is 2.68 bits per heavy atom. The van der Waals surface area contributed by atoms with E-state index in [1.807, 2.05) is 6.92 Å². The zero-order valence-corrected chi connectivity index (χ0v) is 12.6. The van der Waals surface area contributed by atoms with Gasteiger partial charge in [-0.2, -0.15) is 0 Å². The van der Waals surface area contributed by atoms with E-state index >= 15 is 0 Å². The van der Waals surface area contributed by atoms with Crippen molar-refractivity contribution >= 4 is 32.9 Å². The fourth-order valence-corrected chi connectivity index (χ4v) is 4.99. The molecule has 0 aliphatic carbocycles. The van der Waals surface area contributed by atoms with E-state index in [2.05, 4.69) is 10.9 Å². The average molecular weight is 309 g/mol. The third-order valence-electron chi connectivity index (χ3n) is 2.38. The summed E-state index contributed by atoms with van der Waals surface area (Å²) in [5, 5.41) is 0.0987. The Morgan fingerprint density at radius 2 is 2.05 bits per heavy atom. The number of sulfone groups is 1. The molecule has 19 heavy (non-hydrogen) atoms. The van der Waals surface area contributed by atoms with E-state index in [-0.39, 0.29) is 9.92 Å². The Hall–Kier alpha value is -1.29. The van der Waals surface area contributed by atoms with E-state index in [1.165, 1.54) is 28.6 Å². The summed E-state index contributed by atoms with van der Waals surface area (Å²) in [6.07, 6.45) is 5.20. The minimum atomic E-state index is -3.56. The van der Waals surface area contributed by atoms with Gasteiger partial charge in [0.25, 0.3) is 0 Å². The number of thioether (sulfide) groups is 1. The lowest BCUT2D eigenvalue weighted by atomic mass is 10.2. The lowest BCUT2D eigenvalue weighted by Crippen LogP contribution is -2.03. The molecule has 0 saturated carbocycles. The van der Waals surface area contributed by atoms with Crippen LogP contribution in [0.2, 0.25) is 0 Å². The van der Waals surface area contributed by atoms with E-state index in [1.54, 1.807) is 24.3 Å². The summed E-state index contributed by atoms with van der Waals surface area (Å²) in [6.45, 7) is 1.91. The fraction of sp³-hybridized carbons (Fsp3) is 0.154. The van der Waals surface area contributed by atoms with Crippen molar-refractivity contribution in [2.45, 2.75) is 21.1 Å². The quantitative estimate of drug-likeness (QED) is 0.643. The third kappa shape index (κ3) is 3.00. The van der Waals surface area contributed by atoms with Gasteiger partial charge in [0.15, 0.2) is 5.03 Å². The van der Waals surface area contributed by atoms with E-state index in [9.17, 15) is 8.42 Å². The van der Waals surface area contributed by atoms with Gasteiger partial charge in [-0.25, -0.2) is 13.4 Å². The highest BCUT2D eigenvalue weighted by Gasteiger charge is 2.24. The maximum atomic E-state index is 12.5. The molecule has 0 radical (unpaired) electrons. The van der Waals surface area contributed by atoms with Gasteiger partial charge in [-0.15, -0.1) is 17.8 Å². The standard InChI is InChI=1S/C13H11NO2S3/c1-3-8-17-13-12(14-9-18-13)19(15,16)11-6-4-10(2)5-7-11/h1,4-7,9H,8H2,2H3. The molecule has 0 spiro atoms. The molecule has 0 bridgehead atoms. The van der Waals surface area contributed by atoms with Crippen LogP contribution >= 0.6 is 23.1 Å². The van der Waals surface area contributed by atoms with Gasteiger partial charge in [-0.05, 0) is 19.1 Å². The number of terminal acetylenes is 1. The summed E-state index contributed by atoms with van der Waals surface area (Å²) in [4.78, 5) is 4.24. The van der Waals surface area contributed by atoms with Gasteiger partial charge >= 0.3 is 0 Å². The Bertz CT molecular complexity index is 709. The van der Waals surface area contributed by atoms with Crippen LogP contribution in [0.4, 0.5) is 0 Å². The zero-order chi connectivity index (χ0) is 13.9. The second-order valence-corrected chi connectivity index (χ2v) is 7.72. The van der Waals surface area contributed by atoms with Crippen molar-refractivity contribution in [1.29, 1.82) is 0 Å². The molecular formula is C13H11NO2S3. The van der Waals surface area contributed by atoms with Crippen LogP contribution in [0, 0.1) is 19.3 Å². The average Bonchev–Trinajstić information content (AvgIpc) is 2.86. The van der Waals surface area contributed by atoms with Gasteiger partial charge in [-0.3, -0.25) is 0 Å². The fourth-order valence-electron chi connectivity index (χ4n) is 1.44. The topological polar surface area (TPSA) is 47.0 Å². The Labute approximate surface area is 121 Å². The van der Waals surface area contributed by atoms with Crippen molar-refractivity contribution in [3.05, 3.63) is 35.3 Å².